The van der Waals surface area contributed by atoms with E-state index >= 15 is 0 Å². The number of anilines is 1. The molecule has 4 rings (SSSR count). The second-order valence-corrected chi connectivity index (χ2v) is 8.10. The van der Waals surface area contributed by atoms with Gasteiger partial charge in [-0.2, -0.15) is 13.2 Å². The van der Waals surface area contributed by atoms with Crippen LogP contribution in [0.5, 0.6) is 0 Å². The summed E-state index contributed by atoms with van der Waals surface area (Å²) in [6.07, 6.45) is -0.905. The molecule has 4 aromatic rings. The molecule has 0 unspecified atom stereocenters. The van der Waals surface area contributed by atoms with Crippen LogP contribution >= 0.6 is 11.6 Å². The Morgan fingerprint density at radius 2 is 1.94 bits per heavy atom. The Bertz CT molecular complexity index is 1540. The van der Waals surface area contributed by atoms with Gasteiger partial charge in [0, 0.05) is 41.8 Å². The zero-order valence-corrected chi connectivity index (χ0v) is 19.1. The lowest BCUT2D eigenvalue weighted by molar-refractivity contribution is -0.137. The number of nitrogens with one attached hydrogen (secondary N) is 1. The number of aromatic nitrogens is 4. The zero-order chi connectivity index (χ0) is 25.5. The van der Waals surface area contributed by atoms with Gasteiger partial charge >= 0.3 is 12.1 Å². The number of hydrogen-bond acceptors (Lipinski definition) is 6. The predicted molar refractivity (Wildman–Crippen MR) is 123 cm³/mol. The van der Waals surface area contributed by atoms with E-state index in [0.717, 1.165) is 16.0 Å². The molecule has 8 nitrogen and oxygen atoms in total. The van der Waals surface area contributed by atoms with Crippen LogP contribution in [0, 0.1) is 13.8 Å². The number of rotatable bonds is 5. The van der Waals surface area contributed by atoms with E-state index in [1.807, 2.05) is 0 Å². The van der Waals surface area contributed by atoms with Crippen molar-refractivity contribution < 1.29 is 23.1 Å². The number of carboxylic acid groups (broad SMARTS) is 1. The van der Waals surface area contributed by atoms with Gasteiger partial charge in [0.15, 0.2) is 5.69 Å². The van der Waals surface area contributed by atoms with E-state index in [4.69, 9.17) is 11.6 Å². The molecule has 180 valence electrons. The molecule has 2 N–H and O–H groups in total. The molecule has 0 saturated heterocycles. The standard InChI is InChI=1S/C23H17ClF3N5O3/c1-11-8-28-6-5-15(11)18-12(2)21(33)32-10-14(23(25,26)27)7-13(20(32)31-18)9-29-16-3-4-17(24)30-19(16)22(34)35/h3-8,10,29H,9H2,1-2H3,(H,34,35). The summed E-state index contributed by atoms with van der Waals surface area (Å²) in [4.78, 5) is 37.0. The topological polar surface area (TPSA) is 109 Å². The Hall–Kier alpha value is -3.99. The van der Waals surface area contributed by atoms with E-state index in [2.05, 4.69) is 20.3 Å². The summed E-state index contributed by atoms with van der Waals surface area (Å²) < 4.78 is 41.8. The second-order valence-electron chi connectivity index (χ2n) is 7.72. The van der Waals surface area contributed by atoms with Crippen LogP contribution in [0.15, 0.2) is 47.7 Å². The van der Waals surface area contributed by atoms with Gasteiger partial charge in [0.25, 0.3) is 5.56 Å². The van der Waals surface area contributed by atoms with Crippen molar-refractivity contribution in [3.05, 3.63) is 86.3 Å². The SMILES string of the molecule is Cc1cnccc1-c1nc2c(CNc3ccc(Cl)nc3C(=O)O)cc(C(F)(F)F)cn2c(=O)c1C. The molecule has 0 amide bonds. The van der Waals surface area contributed by atoms with Gasteiger partial charge in [0.1, 0.15) is 10.8 Å². The van der Waals surface area contributed by atoms with Gasteiger partial charge < -0.3 is 10.4 Å². The van der Waals surface area contributed by atoms with Crippen molar-refractivity contribution in [1.29, 1.82) is 0 Å². The van der Waals surface area contributed by atoms with Crippen molar-refractivity contribution in [3.8, 4) is 11.3 Å². The van der Waals surface area contributed by atoms with Gasteiger partial charge in [-0.05, 0) is 43.7 Å². The van der Waals surface area contributed by atoms with Crippen molar-refractivity contribution in [2.75, 3.05) is 5.32 Å². The summed E-state index contributed by atoms with van der Waals surface area (Å²) in [7, 11) is 0. The van der Waals surface area contributed by atoms with Gasteiger partial charge in [0.2, 0.25) is 0 Å². The molecule has 0 aliphatic heterocycles. The van der Waals surface area contributed by atoms with Gasteiger partial charge in [-0.3, -0.25) is 14.2 Å². The molecule has 4 aromatic heterocycles. The van der Waals surface area contributed by atoms with E-state index in [0.29, 0.717) is 17.5 Å². The fourth-order valence-electron chi connectivity index (χ4n) is 3.61. The number of halogens is 4. The Kier molecular flexibility index (Phi) is 6.20. The number of pyridine rings is 3. The highest BCUT2D eigenvalue weighted by molar-refractivity contribution is 6.29. The monoisotopic (exact) mass is 503 g/mol. The minimum atomic E-state index is -4.73. The Morgan fingerprint density at radius 3 is 2.60 bits per heavy atom. The highest BCUT2D eigenvalue weighted by Gasteiger charge is 2.32. The lowest BCUT2D eigenvalue weighted by atomic mass is 10.0. The number of carbonyl (C=O) groups is 1. The summed E-state index contributed by atoms with van der Waals surface area (Å²) in [5.41, 5.74) is -0.219. The minimum Gasteiger partial charge on any atom is -0.476 e. The minimum absolute atomic E-state index is 0.00823. The first-order chi connectivity index (χ1) is 16.5. The van der Waals surface area contributed by atoms with Gasteiger partial charge in [-0.25, -0.2) is 14.8 Å². The van der Waals surface area contributed by atoms with E-state index in [-0.39, 0.29) is 34.2 Å². The van der Waals surface area contributed by atoms with Crippen molar-refractivity contribution >= 4 is 28.9 Å². The third-order valence-electron chi connectivity index (χ3n) is 5.36. The maximum absolute atomic E-state index is 13.6. The normalized spacial score (nSPS) is 11.6. The third kappa shape index (κ3) is 4.67. The number of nitrogens with zero attached hydrogens (tertiary/aromatic N) is 4. The highest BCUT2D eigenvalue weighted by atomic mass is 35.5. The van der Waals surface area contributed by atoms with Crippen LogP contribution < -0.4 is 10.9 Å². The summed E-state index contributed by atoms with van der Waals surface area (Å²) in [5, 5.41) is 12.1. The molecule has 0 radical (unpaired) electrons. The molecule has 0 fully saturated rings. The van der Waals surface area contributed by atoms with Crippen LogP contribution in [0.4, 0.5) is 18.9 Å². The third-order valence-corrected chi connectivity index (χ3v) is 5.57. The largest absolute Gasteiger partial charge is 0.476 e. The Morgan fingerprint density at radius 1 is 1.20 bits per heavy atom. The molecule has 0 aromatic carbocycles. The molecule has 0 bridgehead atoms. The van der Waals surface area contributed by atoms with Crippen LogP contribution in [0.1, 0.15) is 32.7 Å². The first-order valence-corrected chi connectivity index (χ1v) is 10.5. The fourth-order valence-corrected chi connectivity index (χ4v) is 3.76. The molecule has 0 aliphatic rings. The van der Waals surface area contributed by atoms with Crippen LogP contribution in [-0.2, 0) is 12.7 Å². The van der Waals surface area contributed by atoms with Crippen LogP contribution in [0.25, 0.3) is 16.9 Å². The maximum atomic E-state index is 13.6. The van der Waals surface area contributed by atoms with Gasteiger partial charge in [-0.1, -0.05) is 11.6 Å². The lowest BCUT2D eigenvalue weighted by Gasteiger charge is -2.17. The van der Waals surface area contributed by atoms with Crippen molar-refractivity contribution in [3.63, 3.8) is 0 Å². The molecular weight excluding hydrogens is 487 g/mol. The first kappa shape index (κ1) is 24.1. The molecular formula is C23H17ClF3N5O3. The Labute approximate surface area is 201 Å². The molecule has 0 saturated carbocycles. The first-order valence-electron chi connectivity index (χ1n) is 10.1. The van der Waals surface area contributed by atoms with E-state index < -0.39 is 29.0 Å². The lowest BCUT2D eigenvalue weighted by Crippen LogP contribution is -2.23. The van der Waals surface area contributed by atoms with E-state index in [9.17, 15) is 27.9 Å². The molecule has 4 heterocycles. The molecule has 12 heteroatoms. The smallest absolute Gasteiger partial charge is 0.417 e. The number of alkyl halides is 3. The number of aromatic carboxylic acids is 1. The Balaban J connectivity index is 1.92. The van der Waals surface area contributed by atoms with Gasteiger partial charge in [0.05, 0.1) is 16.9 Å². The number of carboxylic acids is 1. The van der Waals surface area contributed by atoms with Crippen molar-refractivity contribution in [1.82, 2.24) is 19.4 Å². The van der Waals surface area contributed by atoms with Crippen molar-refractivity contribution in [2.45, 2.75) is 26.6 Å². The summed E-state index contributed by atoms with van der Waals surface area (Å²) in [6.45, 7) is 3.00. The predicted octanol–water partition coefficient (Wildman–Crippen LogP) is 4.75. The van der Waals surface area contributed by atoms with E-state index in [1.54, 1.807) is 19.2 Å². The maximum Gasteiger partial charge on any atom is 0.417 e. The summed E-state index contributed by atoms with van der Waals surface area (Å²) >= 11 is 5.77. The zero-order valence-electron chi connectivity index (χ0n) is 18.3. The molecule has 35 heavy (non-hydrogen) atoms. The van der Waals surface area contributed by atoms with Crippen LogP contribution in [-0.4, -0.2) is 30.4 Å². The van der Waals surface area contributed by atoms with Crippen LogP contribution in [0.2, 0.25) is 5.15 Å². The fraction of sp³-hybridized carbons (Fsp3) is 0.174. The highest BCUT2D eigenvalue weighted by Crippen LogP contribution is 2.32. The molecule has 0 aliphatic carbocycles. The van der Waals surface area contributed by atoms with E-state index in [1.165, 1.54) is 25.3 Å². The number of aryl methyl sites for hydroxylation is 1. The average molecular weight is 504 g/mol. The molecule has 0 atom stereocenters. The summed E-state index contributed by atoms with van der Waals surface area (Å²) in [5.74, 6) is -1.37. The van der Waals surface area contributed by atoms with Crippen molar-refractivity contribution in [2.24, 2.45) is 0 Å². The average Bonchev–Trinajstić information content (AvgIpc) is 2.80. The van der Waals surface area contributed by atoms with Gasteiger partial charge in [-0.15, -0.1) is 0 Å². The second kappa shape index (κ2) is 8.99. The number of hydrogen-bond donors (Lipinski definition) is 2. The summed E-state index contributed by atoms with van der Waals surface area (Å²) in [6, 6.07) is 5.24. The quantitative estimate of drug-likeness (QED) is 0.378. The van der Waals surface area contributed by atoms with Crippen LogP contribution in [0.3, 0.4) is 0 Å². The molecule has 0 spiro atoms. The number of fused-ring (bicyclic) bond motifs is 1.